The summed E-state index contributed by atoms with van der Waals surface area (Å²) in [4.78, 5) is 28.7. The molecule has 0 spiro atoms. The predicted octanol–water partition coefficient (Wildman–Crippen LogP) is 5.09. The number of halogens is 2. The third-order valence-corrected chi connectivity index (χ3v) is 6.12. The van der Waals surface area contributed by atoms with E-state index < -0.39 is 17.8 Å². The summed E-state index contributed by atoms with van der Waals surface area (Å²) in [5, 5.41) is 4.68. The number of amides is 2. The molecule has 0 saturated carbocycles. The Kier molecular flexibility index (Phi) is 4.91. The number of rotatable bonds is 3. The average molecular weight is 415 g/mol. The normalized spacial score (nSPS) is 18.7. The van der Waals surface area contributed by atoms with E-state index in [0.29, 0.717) is 16.8 Å². The topological polar surface area (TPSA) is 49.4 Å². The van der Waals surface area contributed by atoms with E-state index in [4.69, 9.17) is 11.6 Å². The van der Waals surface area contributed by atoms with E-state index in [1.807, 2.05) is 29.6 Å². The van der Waals surface area contributed by atoms with Gasteiger partial charge in [0.25, 0.3) is 5.91 Å². The molecule has 2 heterocycles. The zero-order valence-electron chi connectivity index (χ0n) is 14.9. The number of anilines is 1. The number of likely N-dealkylation sites (N-methyl/N-ethyl adjacent to an activating group) is 1. The van der Waals surface area contributed by atoms with E-state index in [1.165, 1.54) is 29.5 Å². The van der Waals surface area contributed by atoms with Crippen molar-refractivity contribution < 1.29 is 14.0 Å². The highest BCUT2D eigenvalue weighted by atomic mass is 35.5. The minimum atomic E-state index is -0.610. The fraction of sp³-hybridized carbons (Fsp3) is 0.143. The van der Waals surface area contributed by atoms with Crippen LogP contribution in [0, 0.1) is 5.82 Å². The molecule has 3 aromatic rings. The van der Waals surface area contributed by atoms with Crippen LogP contribution < -0.4 is 5.32 Å². The molecular formula is C21H16ClFN2O2S. The molecule has 0 saturated heterocycles. The first-order valence-corrected chi connectivity index (χ1v) is 9.88. The highest BCUT2D eigenvalue weighted by Gasteiger charge is 2.43. The number of nitrogens with zero attached hydrogens (tertiary/aromatic N) is 1. The van der Waals surface area contributed by atoms with E-state index >= 15 is 0 Å². The van der Waals surface area contributed by atoms with Crippen molar-refractivity contribution in [3.05, 3.63) is 86.8 Å². The first-order valence-electron chi connectivity index (χ1n) is 8.63. The van der Waals surface area contributed by atoms with Crippen LogP contribution in [0.1, 0.15) is 32.8 Å². The Morgan fingerprint density at radius 1 is 1.18 bits per heavy atom. The van der Waals surface area contributed by atoms with Crippen LogP contribution in [0.5, 0.6) is 0 Å². The van der Waals surface area contributed by atoms with Gasteiger partial charge >= 0.3 is 0 Å². The Hall–Kier alpha value is -2.70. The monoisotopic (exact) mass is 414 g/mol. The van der Waals surface area contributed by atoms with Gasteiger partial charge in [0.1, 0.15) is 5.82 Å². The summed E-state index contributed by atoms with van der Waals surface area (Å²) in [5.41, 5.74) is 1.59. The molecule has 4 rings (SSSR count). The van der Waals surface area contributed by atoms with E-state index in [0.717, 1.165) is 4.88 Å². The Labute approximate surface area is 170 Å². The lowest BCUT2D eigenvalue weighted by Gasteiger charge is -2.39. The fourth-order valence-corrected chi connectivity index (χ4v) is 4.65. The van der Waals surface area contributed by atoms with Crippen molar-refractivity contribution in [2.24, 2.45) is 0 Å². The third kappa shape index (κ3) is 3.19. The van der Waals surface area contributed by atoms with Crippen molar-refractivity contribution in [1.29, 1.82) is 0 Å². The molecule has 28 heavy (non-hydrogen) atoms. The molecule has 1 aromatic heterocycles. The lowest BCUT2D eigenvalue weighted by molar-refractivity contribution is -0.119. The lowest BCUT2D eigenvalue weighted by atomic mass is 9.81. The van der Waals surface area contributed by atoms with Gasteiger partial charge in [0.15, 0.2) is 0 Å². The van der Waals surface area contributed by atoms with Crippen molar-refractivity contribution in [3.8, 4) is 0 Å². The van der Waals surface area contributed by atoms with Gasteiger partial charge in [-0.25, -0.2) is 4.39 Å². The zero-order valence-corrected chi connectivity index (χ0v) is 16.4. The molecule has 2 aromatic carbocycles. The van der Waals surface area contributed by atoms with Crippen LogP contribution in [0.3, 0.4) is 0 Å². The Balaban J connectivity index is 1.78. The van der Waals surface area contributed by atoms with E-state index in [-0.39, 0.29) is 16.8 Å². The number of thiophene rings is 1. The quantitative estimate of drug-likeness (QED) is 0.649. The van der Waals surface area contributed by atoms with Gasteiger partial charge in [0.05, 0.1) is 17.0 Å². The number of hydrogen-bond donors (Lipinski definition) is 1. The molecule has 0 fully saturated rings. The molecule has 2 amide bonds. The van der Waals surface area contributed by atoms with E-state index in [1.54, 1.807) is 24.1 Å². The predicted molar refractivity (Wildman–Crippen MR) is 108 cm³/mol. The fourth-order valence-electron chi connectivity index (χ4n) is 3.57. The standard InChI is InChI=1S/C21H16ClFN2O2S/c1-25-19(17-7-4-10-28-17)18(13-5-2-3-6-14(13)21(25)27)20(26)24-12-8-9-16(23)15(22)11-12/h2-11,18-19H,1H3,(H,24,26)/t18-,19+/m0/s1. The first kappa shape index (κ1) is 18.7. The van der Waals surface area contributed by atoms with Gasteiger partial charge in [0.2, 0.25) is 5.91 Å². The molecule has 142 valence electrons. The van der Waals surface area contributed by atoms with Crippen LogP contribution >= 0.6 is 22.9 Å². The van der Waals surface area contributed by atoms with Crippen LogP contribution in [0.2, 0.25) is 5.02 Å². The second-order valence-electron chi connectivity index (χ2n) is 6.56. The maximum atomic E-state index is 13.4. The van der Waals surface area contributed by atoms with E-state index in [9.17, 15) is 14.0 Å². The minimum Gasteiger partial charge on any atom is -0.333 e. The van der Waals surface area contributed by atoms with Crippen molar-refractivity contribution in [2.75, 3.05) is 12.4 Å². The second kappa shape index (κ2) is 7.37. The highest BCUT2D eigenvalue weighted by Crippen LogP contribution is 2.43. The van der Waals surface area contributed by atoms with Crippen LogP contribution in [0.25, 0.3) is 0 Å². The summed E-state index contributed by atoms with van der Waals surface area (Å²) in [6, 6.07) is 14.6. The largest absolute Gasteiger partial charge is 0.333 e. The summed E-state index contributed by atoms with van der Waals surface area (Å²) >= 11 is 7.34. The highest BCUT2D eigenvalue weighted by molar-refractivity contribution is 7.10. The van der Waals surface area contributed by atoms with Crippen molar-refractivity contribution in [1.82, 2.24) is 4.90 Å². The Bertz CT molecular complexity index is 1050. The maximum Gasteiger partial charge on any atom is 0.254 e. The molecule has 4 nitrogen and oxygen atoms in total. The van der Waals surface area contributed by atoms with Gasteiger partial charge in [-0.1, -0.05) is 35.9 Å². The Morgan fingerprint density at radius 2 is 1.96 bits per heavy atom. The molecular weight excluding hydrogens is 399 g/mol. The molecule has 7 heteroatoms. The summed E-state index contributed by atoms with van der Waals surface area (Å²) in [6.45, 7) is 0. The number of nitrogens with one attached hydrogen (secondary N) is 1. The van der Waals surface area contributed by atoms with Gasteiger partial charge in [-0.15, -0.1) is 11.3 Å². The molecule has 1 N–H and O–H groups in total. The van der Waals surface area contributed by atoms with Gasteiger partial charge < -0.3 is 10.2 Å². The number of hydrogen-bond acceptors (Lipinski definition) is 3. The van der Waals surface area contributed by atoms with Crippen LogP contribution in [0.4, 0.5) is 10.1 Å². The lowest BCUT2D eigenvalue weighted by Crippen LogP contribution is -2.43. The molecule has 1 aliphatic heterocycles. The molecule has 0 bridgehead atoms. The van der Waals surface area contributed by atoms with E-state index in [2.05, 4.69) is 5.32 Å². The molecule has 0 aliphatic carbocycles. The van der Waals surface area contributed by atoms with Crippen molar-refractivity contribution in [2.45, 2.75) is 12.0 Å². The second-order valence-corrected chi connectivity index (χ2v) is 7.95. The van der Waals surface area contributed by atoms with Crippen molar-refractivity contribution in [3.63, 3.8) is 0 Å². The minimum absolute atomic E-state index is 0.0658. The molecule has 1 aliphatic rings. The molecule has 2 atom stereocenters. The summed E-state index contributed by atoms with van der Waals surface area (Å²) in [6.07, 6.45) is 0. The number of benzene rings is 2. The number of carbonyl (C=O) groups is 2. The van der Waals surface area contributed by atoms with Gasteiger partial charge in [-0.3, -0.25) is 9.59 Å². The van der Waals surface area contributed by atoms with Crippen LogP contribution in [-0.2, 0) is 4.79 Å². The first-order chi connectivity index (χ1) is 13.5. The smallest absolute Gasteiger partial charge is 0.254 e. The van der Waals surface area contributed by atoms with Crippen LogP contribution in [-0.4, -0.2) is 23.8 Å². The van der Waals surface area contributed by atoms with Crippen molar-refractivity contribution >= 4 is 40.4 Å². The SMILES string of the molecule is CN1C(=O)c2ccccc2[C@H](C(=O)Nc2ccc(F)c(Cl)c2)[C@H]1c1cccs1. The zero-order chi connectivity index (χ0) is 19.8. The van der Waals surface area contributed by atoms with Gasteiger partial charge in [-0.2, -0.15) is 0 Å². The summed E-state index contributed by atoms with van der Waals surface area (Å²) in [7, 11) is 1.71. The molecule has 0 radical (unpaired) electrons. The maximum absolute atomic E-state index is 13.4. The Morgan fingerprint density at radius 3 is 2.68 bits per heavy atom. The summed E-state index contributed by atoms with van der Waals surface area (Å²) < 4.78 is 13.4. The van der Waals surface area contributed by atoms with Gasteiger partial charge in [0, 0.05) is 23.2 Å². The van der Waals surface area contributed by atoms with Gasteiger partial charge in [-0.05, 0) is 41.3 Å². The number of fused-ring (bicyclic) bond motifs is 1. The third-order valence-electron chi connectivity index (χ3n) is 4.88. The molecule has 0 unspecified atom stereocenters. The summed E-state index contributed by atoms with van der Waals surface area (Å²) in [5.74, 6) is -1.57. The van der Waals surface area contributed by atoms with Crippen LogP contribution in [0.15, 0.2) is 60.0 Å². The average Bonchev–Trinajstić information content (AvgIpc) is 3.21. The number of carbonyl (C=O) groups excluding carboxylic acids is 2.